The van der Waals surface area contributed by atoms with Crippen LogP contribution in [0.25, 0.3) is 0 Å². The third-order valence-electron chi connectivity index (χ3n) is 1.97. The SMILES string of the molecule is NC(=O)C#Cc1ccc2c(c1)C(=O)OC2=O. The molecule has 1 aliphatic rings. The van der Waals surface area contributed by atoms with E-state index in [1.54, 1.807) is 0 Å². The van der Waals surface area contributed by atoms with Gasteiger partial charge in [0.1, 0.15) is 0 Å². The van der Waals surface area contributed by atoms with Crippen LogP contribution >= 0.6 is 0 Å². The van der Waals surface area contributed by atoms with Crippen molar-refractivity contribution in [1.82, 2.24) is 0 Å². The zero-order chi connectivity index (χ0) is 11.7. The van der Waals surface area contributed by atoms with Gasteiger partial charge in [0.25, 0.3) is 5.91 Å². The van der Waals surface area contributed by atoms with E-state index in [1.165, 1.54) is 18.2 Å². The molecule has 1 aromatic carbocycles. The van der Waals surface area contributed by atoms with Gasteiger partial charge in [-0.1, -0.05) is 5.92 Å². The molecule has 2 rings (SSSR count). The summed E-state index contributed by atoms with van der Waals surface area (Å²) in [4.78, 5) is 32.7. The number of rotatable bonds is 0. The molecule has 1 aliphatic heterocycles. The van der Waals surface area contributed by atoms with Crippen molar-refractivity contribution >= 4 is 17.8 Å². The molecule has 0 aliphatic carbocycles. The minimum Gasteiger partial charge on any atom is -0.386 e. The van der Waals surface area contributed by atoms with Crippen LogP contribution in [0.2, 0.25) is 0 Å². The number of hydrogen-bond acceptors (Lipinski definition) is 4. The third-order valence-corrected chi connectivity index (χ3v) is 1.97. The van der Waals surface area contributed by atoms with E-state index >= 15 is 0 Å². The fourth-order valence-electron chi connectivity index (χ4n) is 1.30. The summed E-state index contributed by atoms with van der Waals surface area (Å²) in [7, 11) is 0. The standard InChI is InChI=1S/C11H5NO4/c12-9(13)4-2-6-1-3-7-8(5-6)11(15)16-10(7)14/h1,3,5H,(H2,12,13). The van der Waals surface area contributed by atoms with Crippen LogP contribution in [0.15, 0.2) is 18.2 Å². The molecule has 5 nitrogen and oxygen atoms in total. The number of hydrogen-bond donors (Lipinski definition) is 1. The second kappa shape index (κ2) is 3.51. The van der Waals surface area contributed by atoms with Gasteiger partial charge in [0.2, 0.25) is 0 Å². The number of benzene rings is 1. The highest BCUT2D eigenvalue weighted by atomic mass is 16.6. The summed E-state index contributed by atoms with van der Waals surface area (Å²) in [5, 5.41) is 0. The van der Waals surface area contributed by atoms with Crippen LogP contribution in [0.4, 0.5) is 0 Å². The number of esters is 2. The fourth-order valence-corrected chi connectivity index (χ4v) is 1.30. The van der Waals surface area contributed by atoms with Gasteiger partial charge in [-0.2, -0.15) is 0 Å². The van der Waals surface area contributed by atoms with Crippen molar-refractivity contribution in [3.63, 3.8) is 0 Å². The Labute approximate surface area is 90.2 Å². The maximum absolute atomic E-state index is 11.2. The summed E-state index contributed by atoms with van der Waals surface area (Å²) in [5.74, 6) is 2.45. The van der Waals surface area contributed by atoms with Gasteiger partial charge >= 0.3 is 11.9 Å². The van der Waals surface area contributed by atoms with Crippen molar-refractivity contribution in [3.8, 4) is 11.8 Å². The second-order valence-corrected chi connectivity index (χ2v) is 3.05. The Bertz CT molecular complexity index is 577. The quantitative estimate of drug-likeness (QED) is 0.370. The van der Waals surface area contributed by atoms with Crippen LogP contribution in [0.1, 0.15) is 26.3 Å². The molecule has 0 spiro atoms. The van der Waals surface area contributed by atoms with E-state index in [2.05, 4.69) is 16.6 Å². The van der Waals surface area contributed by atoms with Crippen molar-refractivity contribution in [3.05, 3.63) is 34.9 Å². The highest BCUT2D eigenvalue weighted by Gasteiger charge is 2.29. The van der Waals surface area contributed by atoms with E-state index < -0.39 is 17.8 Å². The zero-order valence-electron chi connectivity index (χ0n) is 7.94. The first-order valence-corrected chi connectivity index (χ1v) is 4.30. The Morgan fingerprint density at radius 3 is 2.56 bits per heavy atom. The Morgan fingerprint density at radius 2 is 1.88 bits per heavy atom. The van der Waals surface area contributed by atoms with Gasteiger partial charge in [-0.3, -0.25) is 4.79 Å². The molecule has 2 N–H and O–H groups in total. The predicted molar refractivity (Wildman–Crippen MR) is 52.3 cm³/mol. The zero-order valence-corrected chi connectivity index (χ0v) is 7.94. The molecule has 1 amide bonds. The monoisotopic (exact) mass is 215 g/mol. The molecule has 0 aromatic heterocycles. The van der Waals surface area contributed by atoms with E-state index in [4.69, 9.17) is 5.73 Å². The Morgan fingerprint density at radius 1 is 1.19 bits per heavy atom. The van der Waals surface area contributed by atoms with Crippen LogP contribution < -0.4 is 5.73 Å². The van der Waals surface area contributed by atoms with Crippen molar-refractivity contribution in [2.45, 2.75) is 0 Å². The number of fused-ring (bicyclic) bond motifs is 1. The first-order chi connectivity index (χ1) is 7.58. The lowest BCUT2D eigenvalue weighted by Crippen LogP contribution is -2.06. The van der Waals surface area contributed by atoms with Crippen LogP contribution in [-0.4, -0.2) is 17.8 Å². The molecule has 78 valence electrons. The number of carbonyl (C=O) groups excluding carboxylic acids is 3. The van der Waals surface area contributed by atoms with Gasteiger partial charge in [0.05, 0.1) is 11.1 Å². The summed E-state index contributed by atoms with van der Waals surface area (Å²) in [6.07, 6.45) is 0. The topological polar surface area (TPSA) is 86.5 Å². The van der Waals surface area contributed by atoms with E-state index in [-0.39, 0.29) is 11.1 Å². The van der Waals surface area contributed by atoms with Gasteiger partial charge in [0, 0.05) is 5.56 Å². The molecule has 0 saturated heterocycles. The summed E-state index contributed by atoms with van der Waals surface area (Å²) in [6.45, 7) is 0. The van der Waals surface area contributed by atoms with Gasteiger partial charge in [-0.15, -0.1) is 0 Å². The molecule has 16 heavy (non-hydrogen) atoms. The molecule has 0 saturated carbocycles. The molecule has 0 unspecified atom stereocenters. The molecular formula is C11H5NO4. The van der Waals surface area contributed by atoms with Crippen molar-refractivity contribution in [2.24, 2.45) is 5.73 Å². The van der Waals surface area contributed by atoms with E-state index in [1.807, 2.05) is 0 Å². The van der Waals surface area contributed by atoms with Crippen molar-refractivity contribution < 1.29 is 19.1 Å². The summed E-state index contributed by atoms with van der Waals surface area (Å²) in [5.41, 5.74) is 5.62. The number of amides is 1. The fraction of sp³-hybridized carbons (Fsp3) is 0. The minimum atomic E-state index is -0.765. The number of cyclic esters (lactones) is 2. The number of nitrogens with two attached hydrogens (primary N) is 1. The first kappa shape index (κ1) is 9.93. The van der Waals surface area contributed by atoms with Crippen molar-refractivity contribution in [2.75, 3.05) is 0 Å². The molecule has 1 heterocycles. The minimum absolute atomic E-state index is 0.154. The summed E-state index contributed by atoms with van der Waals surface area (Å²) < 4.78 is 4.39. The van der Waals surface area contributed by atoms with E-state index in [9.17, 15) is 14.4 Å². The molecular weight excluding hydrogens is 210 g/mol. The number of ether oxygens (including phenoxy) is 1. The van der Waals surface area contributed by atoms with Crippen LogP contribution in [0.5, 0.6) is 0 Å². The maximum Gasteiger partial charge on any atom is 0.346 e. The molecule has 1 aromatic rings. The van der Waals surface area contributed by atoms with E-state index in [0.29, 0.717) is 5.56 Å². The number of primary amides is 1. The molecule has 0 bridgehead atoms. The summed E-state index contributed by atoms with van der Waals surface area (Å²) in [6, 6.07) is 4.32. The first-order valence-electron chi connectivity index (χ1n) is 4.30. The van der Waals surface area contributed by atoms with Crippen LogP contribution in [0.3, 0.4) is 0 Å². The average molecular weight is 215 g/mol. The average Bonchev–Trinajstić information content (AvgIpc) is 2.52. The molecule has 0 atom stereocenters. The normalized spacial score (nSPS) is 12.5. The largest absolute Gasteiger partial charge is 0.386 e. The van der Waals surface area contributed by atoms with Gasteiger partial charge < -0.3 is 10.5 Å². The maximum atomic E-state index is 11.2. The van der Waals surface area contributed by atoms with Gasteiger partial charge in [-0.25, -0.2) is 9.59 Å². The molecule has 0 radical (unpaired) electrons. The van der Waals surface area contributed by atoms with Crippen LogP contribution in [-0.2, 0) is 9.53 Å². The lowest BCUT2D eigenvalue weighted by molar-refractivity contribution is -0.112. The lowest BCUT2D eigenvalue weighted by atomic mass is 10.1. The van der Waals surface area contributed by atoms with Crippen molar-refractivity contribution in [1.29, 1.82) is 0 Å². The molecule has 5 heteroatoms. The van der Waals surface area contributed by atoms with E-state index in [0.717, 1.165) is 0 Å². The Hall–Kier alpha value is -2.61. The second-order valence-electron chi connectivity index (χ2n) is 3.05. The highest BCUT2D eigenvalue weighted by molar-refractivity contribution is 6.14. The van der Waals surface area contributed by atoms with Gasteiger partial charge in [0.15, 0.2) is 0 Å². The van der Waals surface area contributed by atoms with Crippen LogP contribution in [0, 0.1) is 11.8 Å². The highest BCUT2D eigenvalue weighted by Crippen LogP contribution is 2.20. The van der Waals surface area contributed by atoms with Gasteiger partial charge in [-0.05, 0) is 24.1 Å². The Balaban J connectivity index is 2.46. The molecule has 0 fully saturated rings. The number of carbonyl (C=O) groups is 3. The lowest BCUT2D eigenvalue weighted by Gasteiger charge is -1.92. The Kier molecular flexibility index (Phi) is 2.18. The predicted octanol–water partition coefficient (Wildman–Crippen LogP) is -0.166. The summed E-state index contributed by atoms with van der Waals surface area (Å²) >= 11 is 0. The smallest absolute Gasteiger partial charge is 0.346 e. The third kappa shape index (κ3) is 1.64.